The van der Waals surface area contributed by atoms with E-state index in [1.54, 1.807) is 6.20 Å². The van der Waals surface area contributed by atoms with Crippen LogP contribution in [0.25, 0.3) is 0 Å². The summed E-state index contributed by atoms with van der Waals surface area (Å²) in [5.74, 6) is 1.53. The standard InChI is InChI=1S/C14H18N4O2S/c1-2-12-17-14(21-18-12)16-8-10-3-5-15-13(7-10)20-11-4-6-19-9-11/h3,5,7,11H,2,4,6,8-9H2,1H3,(H,16,17,18). The van der Waals surface area contributed by atoms with Gasteiger partial charge in [-0.15, -0.1) is 0 Å². The molecule has 1 aliphatic rings. The molecule has 0 bridgehead atoms. The maximum atomic E-state index is 5.80. The zero-order valence-corrected chi connectivity index (χ0v) is 12.7. The highest BCUT2D eigenvalue weighted by Gasteiger charge is 2.17. The SMILES string of the molecule is CCc1nsc(NCc2ccnc(OC3CCOC3)c2)n1. The lowest BCUT2D eigenvalue weighted by atomic mass is 10.2. The van der Waals surface area contributed by atoms with E-state index >= 15 is 0 Å². The first-order chi connectivity index (χ1) is 10.3. The van der Waals surface area contributed by atoms with Crippen molar-refractivity contribution < 1.29 is 9.47 Å². The number of aromatic nitrogens is 3. The molecule has 3 rings (SSSR count). The molecule has 1 saturated heterocycles. The summed E-state index contributed by atoms with van der Waals surface area (Å²) in [6, 6.07) is 3.92. The Morgan fingerprint density at radius 3 is 3.24 bits per heavy atom. The highest BCUT2D eigenvalue weighted by molar-refractivity contribution is 7.09. The van der Waals surface area contributed by atoms with Crippen LogP contribution in [0, 0.1) is 0 Å². The van der Waals surface area contributed by atoms with Crippen LogP contribution in [0.15, 0.2) is 18.3 Å². The first-order valence-electron chi connectivity index (χ1n) is 7.09. The molecule has 0 spiro atoms. The Kier molecular flexibility index (Phi) is 4.62. The first kappa shape index (κ1) is 14.2. The second kappa shape index (κ2) is 6.82. The van der Waals surface area contributed by atoms with Crippen LogP contribution in [0.2, 0.25) is 0 Å². The Morgan fingerprint density at radius 1 is 1.52 bits per heavy atom. The van der Waals surface area contributed by atoms with Crippen molar-refractivity contribution in [3.05, 3.63) is 29.7 Å². The summed E-state index contributed by atoms with van der Waals surface area (Å²) in [5.41, 5.74) is 1.10. The number of hydrogen-bond donors (Lipinski definition) is 1. The van der Waals surface area contributed by atoms with Gasteiger partial charge in [0.15, 0.2) is 0 Å². The number of pyridine rings is 1. The fourth-order valence-corrected chi connectivity index (χ4v) is 2.69. The number of ether oxygens (including phenoxy) is 2. The molecule has 0 radical (unpaired) electrons. The van der Waals surface area contributed by atoms with E-state index < -0.39 is 0 Å². The lowest BCUT2D eigenvalue weighted by molar-refractivity contribution is 0.138. The first-order valence-corrected chi connectivity index (χ1v) is 7.86. The minimum atomic E-state index is 0.121. The van der Waals surface area contributed by atoms with Gasteiger partial charge in [0.1, 0.15) is 11.9 Å². The number of hydrogen-bond acceptors (Lipinski definition) is 7. The van der Waals surface area contributed by atoms with Gasteiger partial charge in [0.2, 0.25) is 11.0 Å². The molecule has 0 aliphatic carbocycles. The molecule has 21 heavy (non-hydrogen) atoms. The molecule has 3 heterocycles. The zero-order valence-electron chi connectivity index (χ0n) is 11.9. The van der Waals surface area contributed by atoms with Crippen LogP contribution in [0.4, 0.5) is 5.13 Å². The van der Waals surface area contributed by atoms with Crippen molar-refractivity contribution in [2.24, 2.45) is 0 Å². The summed E-state index contributed by atoms with van der Waals surface area (Å²) in [7, 11) is 0. The fraction of sp³-hybridized carbons (Fsp3) is 0.500. The lowest BCUT2D eigenvalue weighted by Crippen LogP contribution is -2.16. The zero-order chi connectivity index (χ0) is 14.5. The number of nitrogens with one attached hydrogen (secondary N) is 1. The van der Waals surface area contributed by atoms with Crippen molar-refractivity contribution >= 4 is 16.7 Å². The van der Waals surface area contributed by atoms with Crippen molar-refractivity contribution in [3.63, 3.8) is 0 Å². The second-order valence-electron chi connectivity index (χ2n) is 4.83. The molecule has 2 aromatic heterocycles. The molecule has 1 fully saturated rings. The van der Waals surface area contributed by atoms with Gasteiger partial charge in [-0.05, 0) is 11.6 Å². The summed E-state index contributed by atoms with van der Waals surface area (Å²) in [5, 5.41) is 4.12. The van der Waals surface area contributed by atoms with Gasteiger partial charge in [-0.2, -0.15) is 4.37 Å². The van der Waals surface area contributed by atoms with Gasteiger partial charge in [-0.25, -0.2) is 9.97 Å². The third-order valence-electron chi connectivity index (χ3n) is 3.20. The lowest BCUT2D eigenvalue weighted by Gasteiger charge is -2.11. The third kappa shape index (κ3) is 3.89. The maximum absolute atomic E-state index is 5.80. The average molecular weight is 306 g/mol. The van der Waals surface area contributed by atoms with Crippen LogP contribution >= 0.6 is 11.5 Å². The Morgan fingerprint density at radius 2 is 2.48 bits per heavy atom. The van der Waals surface area contributed by atoms with Crippen molar-refractivity contribution in [1.82, 2.24) is 14.3 Å². The van der Waals surface area contributed by atoms with Crippen molar-refractivity contribution in [2.45, 2.75) is 32.4 Å². The number of anilines is 1. The molecule has 6 nitrogen and oxygen atoms in total. The Labute approximate surface area is 127 Å². The summed E-state index contributed by atoms with van der Waals surface area (Å²) in [4.78, 5) is 8.63. The Hall–Kier alpha value is -1.73. The van der Waals surface area contributed by atoms with Crippen LogP contribution in [0.1, 0.15) is 24.7 Å². The van der Waals surface area contributed by atoms with E-state index in [1.165, 1.54) is 11.5 Å². The van der Waals surface area contributed by atoms with E-state index in [9.17, 15) is 0 Å². The number of aryl methyl sites for hydroxylation is 1. The molecule has 1 unspecified atom stereocenters. The van der Waals surface area contributed by atoms with Crippen LogP contribution in [-0.4, -0.2) is 33.7 Å². The smallest absolute Gasteiger partial charge is 0.213 e. The van der Waals surface area contributed by atoms with E-state index in [0.29, 0.717) is 19.0 Å². The van der Waals surface area contributed by atoms with Gasteiger partial charge in [-0.1, -0.05) is 6.92 Å². The molecule has 0 aromatic carbocycles. The molecule has 1 aliphatic heterocycles. The van der Waals surface area contributed by atoms with Crippen molar-refractivity contribution in [1.29, 1.82) is 0 Å². The second-order valence-corrected chi connectivity index (χ2v) is 5.58. The summed E-state index contributed by atoms with van der Waals surface area (Å²) in [6.07, 6.45) is 3.67. The Bertz CT molecular complexity index is 584. The van der Waals surface area contributed by atoms with Crippen molar-refractivity contribution in [2.75, 3.05) is 18.5 Å². The molecule has 1 atom stereocenters. The number of rotatable bonds is 6. The quantitative estimate of drug-likeness (QED) is 0.883. The topological polar surface area (TPSA) is 69.2 Å². The highest BCUT2D eigenvalue weighted by atomic mass is 32.1. The highest BCUT2D eigenvalue weighted by Crippen LogP contribution is 2.17. The van der Waals surface area contributed by atoms with Gasteiger partial charge in [0, 0.05) is 43.2 Å². The molecule has 0 amide bonds. The van der Waals surface area contributed by atoms with Crippen LogP contribution < -0.4 is 10.1 Å². The minimum Gasteiger partial charge on any atom is -0.472 e. The number of nitrogens with zero attached hydrogens (tertiary/aromatic N) is 3. The van der Waals surface area contributed by atoms with Crippen LogP contribution in [0.3, 0.4) is 0 Å². The van der Waals surface area contributed by atoms with Crippen LogP contribution in [-0.2, 0) is 17.7 Å². The summed E-state index contributed by atoms with van der Waals surface area (Å²) in [6.45, 7) is 4.14. The Balaban J connectivity index is 1.57. The normalized spacial score (nSPS) is 17.9. The van der Waals surface area contributed by atoms with E-state index in [4.69, 9.17) is 9.47 Å². The van der Waals surface area contributed by atoms with Gasteiger partial charge >= 0.3 is 0 Å². The minimum absolute atomic E-state index is 0.121. The fourth-order valence-electron chi connectivity index (χ4n) is 2.05. The molecule has 112 valence electrons. The van der Waals surface area contributed by atoms with E-state index in [0.717, 1.165) is 36.0 Å². The average Bonchev–Trinajstić information content (AvgIpc) is 3.17. The molecule has 2 aromatic rings. The van der Waals surface area contributed by atoms with Gasteiger partial charge < -0.3 is 14.8 Å². The third-order valence-corrected chi connectivity index (χ3v) is 3.91. The molecular weight excluding hydrogens is 288 g/mol. The molecule has 0 saturated carbocycles. The monoisotopic (exact) mass is 306 g/mol. The molecular formula is C14H18N4O2S. The predicted molar refractivity (Wildman–Crippen MR) is 80.7 cm³/mol. The molecule has 7 heteroatoms. The maximum Gasteiger partial charge on any atom is 0.213 e. The predicted octanol–water partition coefficient (Wildman–Crippen LogP) is 2.28. The van der Waals surface area contributed by atoms with E-state index in [2.05, 4.69) is 19.7 Å². The van der Waals surface area contributed by atoms with E-state index in [-0.39, 0.29) is 6.10 Å². The summed E-state index contributed by atoms with van der Waals surface area (Å²) >= 11 is 1.39. The van der Waals surface area contributed by atoms with Crippen molar-refractivity contribution in [3.8, 4) is 5.88 Å². The van der Waals surface area contributed by atoms with Gasteiger partial charge in [0.25, 0.3) is 0 Å². The van der Waals surface area contributed by atoms with Gasteiger partial charge in [0.05, 0.1) is 13.2 Å². The summed E-state index contributed by atoms with van der Waals surface area (Å²) < 4.78 is 15.3. The van der Waals surface area contributed by atoms with Crippen LogP contribution in [0.5, 0.6) is 5.88 Å². The molecule has 1 N–H and O–H groups in total. The van der Waals surface area contributed by atoms with Gasteiger partial charge in [-0.3, -0.25) is 0 Å². The largest absolute Gasteiger partial charge is 0.472 e. The van der Waals surface area contributed by atoms with E-state index in [1.807, 2.05) is 19.1 Å².